The molecule has 0 aliphatic heterocycles. The molecule has 0 atom stereocenters. The lowest BCUT2D eigenvalue weighted by molar-refractivity contribution is -0.386. The predicted molar refractivity (Wildman–Crippen MR) is 52.5 cm³/mol. The molecule has 1 rings (SSSR count). The fraction of sp³-hybridized carbons (Fsp3) is 0.444. The van der Waals surface area contributed by atoms with Crippen molar-refractivity contribution >= 4 is 5.69 Å². The summed E-state index contributed by atoms with van der Waals surface area (Å²) >= 11 is 0. The van der Waals surface area contributed by atoms with Gasteiger partial charge in [-0.05, 0) is 26.8 Å². The number of nitro groups is 1. The number of aromatic nitrogens is 1. The van der Waals surface area contributed by atoms with Crippen LogP contribution in [0.2, 0.25) is 0 Å². The van der Waals surface area contributed by atoms with Gasteiger partial charge in [-0.15, -0.1) is 0 Å². The predicted octanol–water partition coefficient (Wildman–Crippen LogP) is 1.65. The van der Waals surface area contributed by atoms with Crippen molar-refractivity contribution in [3.8, 4) is 0 Å². The Labute approximate surface area is 81.1 Å². The molecule has 1 aromatic heterocycles. The van der Waals surface area contributed by atoms with Gasteiger partial charge >= 0.3 is 11.2 Å². The number of aryl methyl sites for hydroxylation is 1. The van der Waals surface area contributed by atoms with E-state index >= 15 is 0 Å². The van der Waals surface area contributed by atoms with E-state index in [0.717, 1.165) is 5.69 Å². The average Bonchev–Trinajstić information content (AvgIpc) is 2.02. The molecule has 0 amide bonds. The second-order valence-electron chi connectivity index (χ2n) is 3.39. The van der Waals surface area contributed by atoms with Crippen LogP contribution in [-0.4, -0.2) is 9.49 Å². The van der Waals surface area contributed by atoms with Gasteiger partial charge in [0.25, 0.3) is 0 Å². The highest BCUT2D eigenvalue weighted by molar-refractivity contribution is 5.28. The van der Waals surface area contributed by atoms with E-state index in [1.54, 1.807) is 13.0 Å². The zero-order chi connectivity index (χ0) is 10.9. The van der Waals surface area contributed by atoms with Crippen LogP contribution < -0.4 is 5.56 Å². The van der Waals surface area contributed by atoms with Crippen molar-refractivity contribution in [3.05, 3.63) is 38.3 Å². The molecule has 0 saturated carbocycles. The summed E-state index contributed by atoms with van der Waals surface area (Å²) in [5.41, 5.74) is -0.176. The molecule has 0 fully saturated rings. The van der Waals surface area contributed by atoms with E-state index in [4.69, 9.17) is 0 Å². The van der Waals surface area contributed by atoms with E-state index < -0.39 is 10.5 Å². The Morgan fingerprint density at radius 2 is 2.00 bits per heavy atom. The molecular formula is C9H12N2O3. The lowest BCUT2D eigenvalue weighted by Crippen LogP contribution is -2.25. The van der Waals surface area contributed by atoms with Gasteiger partial charge in [-0.25, -0.2) is 0 Å². The first-order valence-electron chi connectivity index (χ1n) is 4.31. The first-order chi connectivity index (χ1) is 6.45. The van der Waals surface area contributed by atoms with Crippen LogP contribution in [0, 0.1) is 17.0 Å². The third-order valence-electron chi connectivity index (χ3n) is 2.01. The number of hydrogen-bond donors (Lipinski definition) is 0. The normalized spacial score (nSPS) is 10.6. The summed E-state index contributed by atoms with van der Waals surface area (Å²) in [6.07, 6.45) is 0. The van der Waals surface area contributed by atoms with Crippen LogP contribution in [0.15, 0.2) is 16.9 Å². The molecule has 5 heteroatoms. The fourth-order valence-electron chi connectivity index (χ4n) is 1.42. The van der Waals surface area contributed by atoms with Crippen LogP contribution in [0.1, 0.15) is 25.6 Å². The monoisotopic (exact) mass is 196 g/mol. The first-order valence-corrected chi connectivity index (χ1v) is 4.31. The highest BCUT2D eigenvalue weighted by Gasteiger charge is 2.16. The van der Waals surface area contributed by atoms with Crippen molar-refractivity contribution in [1.29, 1.82) is 0 Å². The number of pyridine rings is 1. The summed E-state index contributed by atoms with van der Waals surface area (Å²) in [7, 11) is 0. The van der Waals surface area contributed by atoms with Gasteiger partial charge in [0.05, 0.1) is 4.92 Å². The third kappa shape index (κ3) is 1.66. The van der Waals surface area contributed by atoms with E-state index in [9.17, 15) is 14.9 Å². The zero-order valence-corrected chi connectivity index (χ0v) is 8.35. The molecule has 1 aromatic rings. The Hall–Kier alpha value is -1.65. The number of hydrogen-bond acceptors (Lipinski definition) is 3. The summed E-state index contributed by atoms with van der Waals surface area (Å²) in [6.45, 7) is 5.39. The van der Waals surface area contributed by atoms with E-state index in [2.05, 4.69) is 0 Å². The molecule has 5 nitrogen and oxygen atoms in total. The fourth-order valence-corrected chi connectivity index (χ4v) is 1.42. The summed E-state index contributed by atoms with van der Waals surface area (Å²) in [5.74, 6) is 0. The maximum Gasteiger partial charge on any atom is 0.334 e. The molecule has 0 N–H and O–H groups in total. The lowest BCUT2D eigenvalue weighted by atomic mass is 10.3. The number of rotatable bonds is 2. The maximum atomic E-state index is 11.6. The summed E-state index contributed by atoms with van der Waals surface area (Å²) < 4.78 is 1.41. The van der Waals surface area contributed by atoms with Gasteiger partial charge in [0.2, 0.25) is 0 Å². The van der Waals surface area contributed by atoms with Gasteiger partial charge in [-0.3, -0.25) is 14.9 Å². The van der Waals surface area contributed by atoms with Crippen LogP contribution in [0.3, 0.4) is 0 Å². The van der Waals surface area contributed by atoms with Crippen LogP contribution in [0.25, 0.3) is 0 Å². The van der Waals surface area contributed by atoms with Crippen molar-refractivity contribution < 1.29 is 4.92 Å². The molecular weight excluding hydrogens is 184 g/mol. The first kappa shape index (κ1) is 10.4. The minimum absolute atomic E-state index is 0.0672. The molecule has 0 spiro atoms. The Balaban J connectivity index is 3.50. The molecule has 1 heterocycles. The molecule has 0 aliphatic rings. The van der Waals surface area contributed by atoms with Gasteiger partial charge in [0.1, 0.15) is 0 Å². The van der Waals surface area contributed by atoms with E-state index in [0.29, 0.717) is 0 Å². The molecule has 76 valence electrons. The highest BCUT2D eigenvalue weighted by atomic mass is 16.6. The van der Waals surface area contributed by atoms with Gasteiger partial charge in [0.15, 0.2) is 0 Å². The van der Waals surface area contributed by atoms with Crippen LogP contribution in [0.5, 0.6) is 0 Å². The minimum atomic E-state index is -0.652. The van der Waals surface area contributed by atoms with Crippen molar-refractivity contribution in [3.63, 3.8) is 0 Å². The molecule has 0 saturated heterocycles. The quantitative estimate of drug-likeness (QED) is 0.533. The maximum absolute atomic E-state index is 11.6. The summed E-state index contributed by atoms with van der Waals surface area (Å²) in [5, 5.41) is 10.5. The second-order valence-corrected chi connectivity index (χ2v) is 3.39. The largest absolute Gasteiger partial charge is 0.334 e. The highest BCUT2D eigenvalue weighted by Crippen LogP contribution is 2.10. The second kappa shape index (κ2) is 3.61. The van der Waals surface area contributed by atoms with Crippen molar-refractivity contribution in [1.82, 2.24) is 4.57 Å². The van der Waals surface area contributed by atoms with Gasteiger partial charge in [-0.2, -0.15) is 0 Å². The van der Waals surface area contributed by atoms with Crippen LogP contribution in [-0.2, 0) is 0 Å². The Morgan fingerprint density at radius 1 is 1.43 bits per heavy atom. The SMILES string of the molecule is Cc1ccc([N+](=O)[O-])c(=O)n1C(C)C. The van der Waals surface area contributed by atoms with Crippen molar-refractivity contribution in [2.75, 3.05) is 0 Å². The lowest BCUT2D eigenvalue weighted by Gasteiger charge is -2.12. The minimum Gasteiger partial charge on any atom is -0.305 e. The van der Waals surface area contributed by atoms with E-state index in [1.807, 2.05) is 13.8 Å². The van der Waals surface area contributed by atoms with Gasteiger partial charge in [-0.1, -0.05) is 0 Å². The van der Waals surface area contributed by atoms with Gasteiger partial charge in [0, 0.05) is 17.8 Å². The average molecular weight is 196 g/mol. The van der Waals surface area contributed by atoms with Gasteiger partial charge < -0.3 is 4.57 Å². The van der Waals surface area contributed by atoms with Crippen molar-refractivity contribution in [2.24, 2.45) is 0 Å². The molecule has 0 aromatic carbocycles. The van der Waals surface area contributed by atoms with Crippen molar-refractivity contribution in [2.45, 2.75) is 26.8 Å². The Bertz CT molecular complexity index is 421. The number of nitrogens with zero attached hydrogens (tertiary/aromatic N) is 2. The Morgan fingerprint density at radius 3 is 2.43 bits per heavy atom. The topological polar surface area (TPSA) is 65.1 Å². The molecule has 14 heavy (non-hydrogen) atoms. The standard InChI is InChI=1S/C9H12N2O3/c1-6(2)10-7(3)4-5-8(9(10)12)11(13)14/h4-6H,1-3H3. The zero-order valence-electron chi connectivity index (χ0n) is 8.35. The molecule has 0 radical (unpaired) electrons. The smallest absolute Gasteiger partial charge is 0.305 e. The van der Waals surface area contributed by atoms with E-state index in [1.165, 1.54) is 10.6 Å². The van der Waals surface area contributed by atoms with E-state index in [-0.39, 0.29) is 11.7 Å². The molecule has 0 aliphatic carbocycles. The van der Waals surface area contributed by atoms with Crippen LogP contribution in [0.4, 0.5) is 5.69 Å². The summed E-state index contributed by atoms with van der Waals surface area (Å²) in [4.78, 5) is 21.4. The third-order valence-corrected chi connectivity index (χ3v) is 2.01. The summed E-state index contributed by atoms with van der Waals surface area (Å²) in [6, 6.07) is 2.76. The molecule has 0 unspecified atom stereocenters. The Kier molecular flexibility index (Phi) is 2.69. The van der Waals surface area contributed by atoms with Crippen LogP contribution >= 0.6 is 0 Å². The molecule has 0 bridgehead atoms.